The minimum atomic E-state index is -0.132. The normalized spacial score (nSPS) is 11.6. The molecule has 0 aromatic heterocycles. The summed E-state index contributed by atoms with van der Waals surface area (Å²) in [6.45, 7) is 8.53. The molecule has 1 atom stereocenters. The number of hydrogen-bond donors (Lipinski definition) is 2. The molecule has 0 bridgehead atoms. The number of amides is 2. The molecule has 2 amide bonds. The number of nitrogens with one attached hydrogen (secondary N) is 2. The zero-order chi connectivity index (χ0) is 17.4. The van der Waals surface area contributed by atoms with Crippen LogP contribution in [0.15, 0.2) is 54.6 Å². The predicted molar refractivity (Wildman–Crippen MR) is 100 cm³/mol. The fraction of sp³-hybridized carbons (Fsp3) is 0.350. The fourth-order valence-electron chi connectivity index (χ4n) is 2.74. The SMILES string of the molecule is CCN(CCNC(=O)NC(C)c1ccccc1)c1ccccc1C. The van der Waals surface area contributed by atoms with E-state index in [0.717, 1.165) is 18.7 Å². The molecule has 0 aliphatic rings. The largest absolute Gasteiger partial charge is 0.370 e. The van der Waals surface area contributed by atoms with Crippen LogP contribution in [0.2, 0.25) is 0 Å². The monoisotopic (exact) mass is 325 g/mol. The lowest BCUT2D eigenvalue weighted by Crippen LogP contribution is -2.41. The van der Waals surface area contributed by atoms with Crippen molar-refractivity contribution in [3.8, 4) is 0 Å². The average molecular weight is 325 g/mol. The van der Waals surface area contributed by atoms with Crippen LogP contribution in [0.5, 0.6) is 0 Å². The Balaban J connectivity index is 1.80. The van der Waals surface area contributed by atoms with Crippen LogP contribution in [0.25, 0.3) is 0 Å². The first-order valence-corrected chi connectivity index (χ1v) is 8.51. The van der Waals surface area contributed by atoms with E-state index in [0.29, 0.717) is 6.54 Å². The van der Waals surface area contributed by atoms with Gasteiger partial charge in [-0.25, -0.2) is 4.79 Å². The van der Waals surface area contributed by atoms with Gasteiger partial charge in [0.2, 0.25) is 0 Å². The van der Waals surface area contributed by atoms with Gasteiger partial charge in [-0.05, 0) is 38.0 Å². The number of likely N-dealkylation sites (N-methyl/N-ethyl adjacent to an activating group) is 1. The first-order chi connectivity index (χ1) is 11.6. The second kappa shape index (κ2) is 8.96. The average Bonchev–Trinajstić information content (AvgIpc) is 2.60. The molecule has 2 aromatic rings. The quantitative estimate of drug-likeness (QED) is 0.811. The summed E-state index contributed by atoms with van der Waals surface area (Å²) >= 11 is 0. The number of carbonyl (C=O) groups excluding carboxylic acids is 1. The first-order valence-electron chi connectivity index (χ1n) is 8.51. The number of nitrogens with zero attached hydrogens (tertiary/aromatic N) is 1. The number of hydrogen-bond acceptors (Lipinski definition) is 2. The number of rotatable bonds is 7. The molecule has 2 rings (SSSR count). The van der Waals surface area contributed by atoms with Crippen molar-refractivity contribution in [2.75, 3.05) is 24.5 Å². The molecule has 0 radical (unpaired) electrons. The van der Waals surface area contributed by atoms with Crippen LogP contribution >= 0.6 is 0 Å². The molecule has 0 spiro atoms. The summed E-state index contributed by atoms with van der Waals surface area (Å²) in [4.78, 5) is 14.3. The Bertz CT molecular complexity index is 642. The summed E-state index contributed by atoms with van der Waals surface area (Å²) in [6, 6.07) is 18.1. The van der Waals surface area contributed by atoms with Crippen LogP contribution in [-0.4, -0.2) is 25.7 Å². The van der Waals surface area contributed by atoms with Gasteiger partial charge in [-0.2, -0.15) is 0 Å². The van der Waals surface area contributed by atoms with Gasteiger partial charge in [0.05, 0.1) is 6.04 Å². The van der Waals surface area contributed by atoms with Gasteiger partial charge in [0.25, 0.3) is 0 Å². The molecule has 128 valence electrons. The Morgan fingerprint density at radius 3 is 2.42 bits per heavy atom. The summed E-state index contributed by atoms with van der Waals surface area (Å²) in [6.07, 6.45) is 0. The minimum absolute atomic E-state index is 0.00940. The molecule has 2 N–H and O–H groups in total. The number of para-hydroxylation sites is 1. The van der Waals surface area contributed by atoms with Crippen LogP contribution in [0, 0.1) is 6.92 Å². The Kier molecular flexibility index (Phi) is 6.67. The third kappa shape index (κ3) is 5.01. The van der Waals surface area contributed by atoms with Gasteiger partial charge in [0.15, 0.2) is 0 Å². The topological polar surface area (TPSA) is 44.4 Å². The van der Waals surface area contributed by atoms with E-state index in [-0.39, 0.29) is 12.1 Å². The van der Waals surface area contributed by atoms with Crippen molar-refractivity contribution in [2.45, 2.75) is 26.8 Å². The van der Waals surface area contributed by atoms with E-state index in [2.05, 4.69) is 41.5 Å². The molecule has 0 heterocycles. The maximum atomic E-state index is 12.1. The van der Waals surface area contributed by atoms with Gasteiger partial charge in [0.1, 0.15) is 0 Å². The minimum Gasteiger partial charge on any atom is -0.370 e. The molecular formula is C20H27N3O. The van der Waals surface area contributed by atoms with Crippen LogP contribution < -0.4 is 15.5 Å². The molecule has 0 aliphatic carbocycles. The highest BCUT2D eigenvalue weighted by Crippen LogP contribution is 2.18. The van der Waals surface area contributed by atoms with Crippen LogP contribution in [-0.2, 0) is 0 Å². The molecule has 0 saturated heterocycles. The number of anilines is 1. The van der Waals surface area contributed by atoms with Crippen molar-refractivity contribution >= 4 is 11.7 Å². The highest BCUT2D eigenvalue weighted by Gasteiger charge is 2.10. The Morgan fingerprint density at radius 2 is 1.75 bits per heavy atom. The van der Waals surface area contributed by atoms with Crippen LogP contribution in [0.3, 0.4) is 0 Å². The summed E-state index contributed by atoms with van der Waals surface area (Å²) in [7, 11) is 0. The summed E-state index contributed by atoms with van der Waals surface area (Å²) < 4.78 is 0. The molecule has 2 aromatic carbocycles. The van der Waals surface area contributed by atoms with E-state index in [1.165, 1.54) is 11.3 Å². The van der Waals surface area contributed by atoms with E-state index < -0.39 is 0 Å². The maximum Gasteiger partial charge on any atom is 0.315 e. The number of benzene rings is 2. The zero-order valence-electron chi connectivity index (χ0n) is 14.8. The molecule has 1 unspecified atom stereocenters. The van der Waals surface area contributed by atoms with Gasteiger partial charge < -0.3 is 15.5 Å². The second-order valence-electron chi connectivity index (χ2n) is 5.90. The fourth-order valence-corrected chi connectivity index (χ4v) is 2.74. The number of urea groups is 1. The summed E-state index contributed by atoms with van der Waals surface area (Å²) in [5.74, 6) is 0. The van der Waals surface area contributed by atoms with Crippen molar-refractivity contribution < 1.29 is 4.79 Å². The highest BCUT2D eigenvalue weighted by atomic mass is 16.2. The smallest absolute Gasteiger partial charge is 0.315 e. The van der Waals surface area contributed by atoms with Gasteiger partial charge in [-0.15, -0.1) is 0 Å². The van der Waals surface area contributed by atoms with Crippen molar-refractivity contribution in [3.05, 3.63) is 65.7 Å². The lowest BCUT2D eigenvalue weighted by molar-refractivity contribution is 0.238. The van der Waals surface area contributed by atoms with E-state index in [4.69, 9.17) is 0 Å². The van der Waals surface area contributed by atoms with Crippen LogP contribution in [0.1, 0.15) is 31.0 Å². The standard InChI is InChI=1S/C20H27N3O/c1-4-23(19-13-9-8-10-16(19)2)15-14-21-20(24)22-17(3)18-11-6-5-7-12-18/h5-13,17H,4,14-15H2,1-3H3,(H2,21,22,24). The number of carbonyl (C=O) groups is 1. The van der Waals surface area contributed by atoms with E-state index in [1.807, 2.05) is 49.4 Å². The molecule has 24 heavy (non-hydrogen) atoms. The molecule has 0 aliphatic heterocycles. The van der Waals surface area contributed by atoms with E-state index in [9.17, 15) is 4.79 Å². The van der Waals surface area contributed by atoms with Crippen molar-refractivity contribution in [1.82, 2.24) is 10.6 Å². The second-order valence-corrected chi connectivity index (χ2v) is 5.90. The lowest BCUT2D eigenvalue weighted by Gasteiger charge is -2.25. The molecule has 0 saturated carbocycles. The number of aryl methyl sites for hydroxylation is 1. The van der Waals surface area contributed by atoms with Crippen molar-refractivity contribution in [1.29, 1.82) is 0 Å². The third-order valence-corrected chi connectivity index (χ3v) is 4.15. The Hall–Kier alpha value is -2.49. The Morgan fingerprint density at radius 1 is 1.08 bits per heavy atom. The third-order valence-electron chi connectivity index (χ3n) is 4.15. The summed E-state index contributed by atoms with van der Waals surface area (Å²) in [5, 5.41) is 5.92. The van der Waals surface area contributed by atoms with Crippen LogP contribution in [0.4, 0.5) is 10.5 Å². The first kappa shape index (κ1) is 17.9. The molecule has 4 nitrogen and oxygen atoms in total. The molecule has 4 heteroatoms. The van der Waals surface area contributed by atoms with Crippen molar-refractivity contribution in [3.63, 3.8) is 0 Å². The van der Waals surface area contributed by atoms with Gasteiger partial charge in [-0.1, -0.05) is 48.5 Å². The van der Waals surface area contributed by atoms with Crippen molar-refractivity contribution in [2.24, 2.45) is 0 Å². The molecule has 0 fully saturated rings. The van der Waals surface area contributed by atoms with Gasteiger partial charge >= 0.3 is 6.03 Å². The van der Waals surface area contributed by atoms with E-state index >= 15 is 0 Å². The summed E-state index contributed by atoms with van der Waals surface area (Å²) in [5.41, 5.74) is 3.57. The predicted octanol–water partition coefficient (Wildman–Crippen LogP) is 3.88. The molecular weight excluding hydrogens is 298 g/mol. The maximum absolute atomic E-state index is 12.1. The Labute approximate surface area is 144 Å². The zero-order valence-corrected chi connectivity index (χ0v) is 14.8. The van der Waals surface area contributed by atoms with E-state index in [1.54, 1.807) is 0 Å². The highest BCUT2D eigenvalue weighted by molar-refractivity contribution is 5.74. The van der Waals surface area contributed by atoms with Gasteiger partial charge in [-0.3, -0.25) is 0 Å². The van der Waals surface area contributed by atoms with Gasteiger partial charge in [0, 0.05) is 25.3 Å². The lowest BCUT2D eigenvalue weighted by atomic mass is 10.1.